The predicted molar refractivity (Wildman–Crippen MR) is 78.1 cm³/mol. The number of piperidine rings is 1. The Bertz CT molecular complexity index is 276. The third-order valence-corrected chi connectivity index (χ3v) is 3.17. The number of carbonyl (C=O) groups excluding carboxylic acids is 1. The fourth-order valence-corrected chi connectivity index (χ4v) is 2.44. The van der Waals surface area contributed by atoms with Gasteiger partial charge in [-0.25, -0.2) is 0 Å². The van der Waals surface area contributed by atoms with E-state index in [1.807, 2.05) is 20.8 Å². The largest absolute Gasteiger partial charge is 0.459 e. The summed E-state index contributed by atoms with van der Waals surface area (Å²) in [7, 11) is 0. The van der Waals surface area contributed by atoms with Crippen LogP contribution in [-0.2, 0) is 9.53 Å². The van der Waals surface area contributed by atoms with E-state index in [0.717, 1.165) is 31.8 Å². The molecular formula is C15H30N2O2. The van der Waals surface area contributed by atoms with Crippen LogP contribution in [0.15, 0.2) is 0 Å². The predicted octanol–water partition coefficient (Wildman–Crippen LogP) is 2.04. The minimum absolute atomic E-state index is 0.155. The van der Waals surface area contributed by atoms with Gasteiger partial charge in [0, 0.05) is 12.6 Å². The van der Waals surface area contributed by atoms with Gasteiger partial charge in [0.25, 0.3) is 0 Å². The second-order valence-electron chi connectivity index (χ2n) is 6.94. The third-order valence-electron chi connectivity index (χ3n) is 3.17. The first-order chi connectivity index (χ1) is 8.76. The lowest BCUT2D eigenvalue weighted by molar-refractivity contribution is -0.153. The van der Waals surface area contributed by atoms with E-state index in [2.05, 4.69) is 24.1 Å². The van der Waals surface area contributed by atoms with Gasteiger partial charge in [-0.05, 0) is 52.6 Å². The van der Waals surface area contributed by atoms with Crippen LogP contribution in [0.1, 0.15) is 47.5 Å². The molecule has 1 aliphatic rings. The molecule has 1 N–H and O–H groups in total. The van der Waals surface area contributed by atoms with Crippen molar-refractivity contribution in [3.05, 3.63) is 0 Å². The molecule has 1 aliphatic heterocycles. The van der Waals surface area contributed by atoms with E-state index >= 15 is 0 Å². The summed E-state index contributed by atoms with van der Waals surface area (Å²) in [4.78, 5) is 14.1. The Balaban J connectivity index is 2.17. The lowest BCUT2D eigenvalue weighted by Crippen LogP contribution is -2.45. The second-order valence-corrected chi connectivity index (χ2v) is 6.94. The number of carbonyl (C=O) groups is 1. The second kappa shape index (κ2) is 7.25. The van der Waals surface area contributed by atoms with Crippen molar-refractivity contribution < 1.29 is 9.53 Å². The number of nitrogens with zero attached hydrogens (tertiary/aromatic N) is 1. The molecular weight excluding hydrogens is 240 g/mol. The van der Waals surface area contributed by atoms with Crippen molar-refractivity contribution in [3.8, 4) is 0 Å². The maximum atomic E-state index is 11.6. The quantitative estimate of drug-likeness (QED) is 0.776. The first-order valence-electron chi connectivity index (χ1n) is 7.44. The van der Waals surface area contributed by atoms with E-state index in [9.17, 15) is 4.79 Å². The van der Waals surface area contributed by atoms with Crippen LogP contribution >= 0.6 is 0 Å². The molecule has 4 heteroatoms. The van der Waals surface area contributed by atoms with Crippen LogP contribution in [0.4, 0.5) is 0 Å². The first-order valence-corrected chi connectivity index (χ1v) is 7.44. The molecule has 0 spiro atoms. The molecule has 0 aromatic carbocycles. The zero-order chi connectivity index (χ0) is 14.5. The van der Waals surface area contributed by atoms with Crippen molar-refractivity contribution in [1.82, 2.24) is 10.2 Å². The molecule has 0 radical (unpaired) electrons. The first kappa shape index (κ1) is 16.4. The van der Waals surface area contributed by atoms with Gasteiger partial charge < -0.3 is 15.0 Å². The summed E-state index contributed by atoms with van der Waals surface area (Å²) in [5, 5.41) is 3.32. The van der Waals surface area contributed by atoms with E-state index < -0.39 is 0 Å². The van der Waals surface area contributed by atoms with Gasteiger partial charge in [-0.1, -0.05) is 13.8 Å². The van der Waals surface area contributed by atoms with E-state index in [1.165, 1.54) is 6.54 Å². The average molecular weight is 270 g/mol. The summed E-state index contributed by atoms with van der Waals surface area (Å²) < 4.78 is 5.29. The van der Waals surface area contributed by atoms with Gasteiger partial charge in [0.1, 0.15) is 5.60 Å². The molecule has 0 amide bonds. The highest BCUT2D eigenvalue weighted by molar-refractivity contribution is 5.72. The van der Waals surface area contributed by atoms with Gasteiger partial charge in [0.15, 0.2) is 0 Å². The smallest absolute Gasteiger partial charge is 0.320 e. The van der Waals surface area contributed by atoms with E-state index in [-0.39, 0.29) is 11.6 Å². The molecule has 0 saturated carbocycles. The summed E-state index contributed by atoms with van der Waals surface area (Å²) in [6.07, 6.45) is 2.24. The van der Waals surface area contributed by atoms with Crippen LogP contribution in [0.2, 0.25) is 0 Å². The van der Waals surface area contributed by atoms with Crippen LogP contribution in [-0.4, -0.2) is 48.7 Å². The van der Waals surface area contributed by atoms with Gasteiger partial charge in [0.05, 0.1) is 6.54 Å². The van der Waals surface area contributed by atoms with E-state index in [4.69, 9.17) is 4.74 Å². The Morgan fingerprint density at radius 1 is 1.32 bits per heavy atom. The molecule has 0 aliphatic carbocycles. The van der Waals surface area contributed by atoms with E-state index in [1.54, 1.807) is 0 Å². The summed E-state index contributed by atoms with van der Waals surface area (Å²) in [5.74, 6) is 0.573. The van der Waals surface area contributed by atoms with Crippen molar-refractivity contribution in [2.45, 2.75) is 59.1 Å². The zero-order valence-electron chi connectivity index (χ0n) is 13.2. The monoisotopic (exact) mass is 270 g/mol. The fraction of sp³-hybridized carbons (Fsp3) is 0.933. The number of esters is 1. The highest BCUT2D eigenvalue weighted by Crippen LogP contribution is 2.12. The third kappa shape index (κ3) is 7.53. The van der Waals surface area contributed by atoms with Crippen molar-refractivity contribution in [3.63, 3.8) is 0 Å². The van der Waals surface area contributed by atoms with Gasteiger partial charge >= 0.3 is 5.97 Å². The molecule has 0 aromatic rings. The van der Waals surface area contributed by atoms with Crippen LogP contribution in [0.3, 0.4) is 0 Å². The molecule has 4 nitrogen and oxygen atoms in total. The summed E-state index contributed by atoms with van der Waals surface area (Å²) in [6, 6.07) is 0.455. The minimum Gasteiger partial charge on any atom is -0.459 e. The molecule has 0 unspecified atom stereocenters. The topological polar surface area (TPSA) is 41.6 Å². The number of rotatable bonds is 5. The summed E-state index contributed by atoms with van der Waals surface area (Å²) in [6.45, 7) is 14.0. The zero-order valence-corrected chi connectivity index (χ0v) is 13.2. The molecule has 0 aromatic heterocycles. The van der Waals surface area contributed by atoms with Crippen molar-refractivity contribution in [2.24, 2.45) is 5.92 Å². The molecule has 112 valence electrons. The number of likely N-dealkylation sites (tertiary alicyclic amines) is 1. The van der Waals surface area contributed by atoms with E-state index in [0.29, 0.717) is 12.6 Å². The summed E-state index contributed by atoms with van der Waals surface area (Å²) in [5.41, 5.74) is -0.389. The van der Waals surface area contributed by atoms with Crippen molar-refractivity contribution >= 4 is 5.97 Å². The molecule has 1 rings (SSSR count). The SMILES string of the molecule is CC(C)CN1CCC(NCC(=O)OC(C)(C)C)CC1. The Morgan fingerprint density at radius 2 is 1.89 bits per heavy atom. The van der Waals surface area contributed by atoms with Crippen molar-refractivity contribution in [1.29, 1.82) is 0 Å². The van der Waals surface area contributed by atoms with Crippen LogP contribution in [0, 0.1) is 5.92 Å². The van der Waals surface area contributed by atoms with Crippen LogP contribution in [0.25, 0.3) is 0 Å². The number of nitrogens with one attached hydrogen (secondary N) is 1. The van der Waals surface area contributed by atoms with Crippen LogP contribution in [0.5, 0.6) is 0 Å². The Hall–Kier alpha value is -0.610. The normalized spacial score (nSPS) is 18.8. The van der Waals surface area contributed by atoms with Gasteiger partial charge in [-0.3, -0.25) is 4.79 Å². The Kier molecular flexibility index (Phi) is 6.27. The van der Waals surface area contributed by atoms with Gasteiger partial charge in [-0.2, -0.15) is 0 Å². The lowest BCUT2D eigenvalue weighted by atomic mass is 10.0. The van der Waals surface area contributed by atoms with Gasteiger partial charge in [0.2, 0.25) is 0 Å². The molecule has 1 saturated heterocycles. The summed E-state index contributed by atoms with van der Waals surface area (Å²) >= 11 is 0. The molecule has 1 heterocycles. The van der Waals surface area contributed by atoms with Gasteiger partial charge in [-0.15, -0.1) is 0 Å². The Labute approximate surface area is 117 Å². The van der Waals surface area contributed by atoms with Crippen molar-refractivity contribution in [2.75, 3.05) is 26.2 Å². The maximum absolute atomic E-state index is 11.6. The number of ether oxygens (including phenoxy) is 1. The Morgan fingerprint density at radius 3 is 2.37 bits per heavy atom. The number of hydrogen-bond donors (Lipinski definition) is 1. The molecule has 0 bridgehead atoms. The number of hydrogen-bond acceptors (Lipinski definition) is 4. The average Bonchev–Trinajstić information content (AvgIpc) is 2.25. The standard InChI is InChI=1S/C15H30N2O2/c1-12(2)11-17-8-6-13(7-9-17)16-10-14(18)19-15(3,4)5/h12-13,16H,6-11H2,1-5H3. The lowest BCUT2D eigenvalue weighted by Gasteiger charge is -2.33. The minimum atomic E-state index is -0.389. The van der Waals surface area contributed by atoms with Crippen LogP contribution < -0.4 is 5.32 Å². The molecule has 0 atom stereocenters. The maximum Gasteiger partial charge on any atom is 0.320 e. The molecule has 19 heavy (non-hydrogen) atoms. The molecule has 1 fully saturated rings. The highest BCUT2D eigenvalue weighted by atomic mass is 16.6. The highest BCUT2D eigenvalue weighted by Gasteiger charge is 2.21. The fourth-order valence-electron chi connectivity index (χ4n) is 2.44.